The van der Waals surface area contributed by atoms with Gasteiger partial charge in [0.05, 0.1) is 49.6 Å². The SMILES string of the molecule is CCC(C)(CC(C)(C)C(=O)NCC(=O)NCC(=O)NCCSSCCNC(=O)CN(CCN(CCN(CC(=O)[O-])CC(=O)[O-])CC(=O)[O-])CC(=O)[O-])C(=O)NCC(C)O. The molecule has 0 bridgehead atoms. The lowest BCUT2D eigenvalue weighted by molar-refractivity contribution is -0.311. The Bertz CT molecular complexity index is 1410. The zero-order valence-electron chi connectivity index (χ0n) is 34.2. The van der Waals surface area contributed by atoms with Gasteiger partial charge in [-0.25, -0.2) is 0 Å². The summed E-state index contributed by atoms with van der Waals surface area (Å²) in [5, 5.41) is 66.8. The molecule has 0 radical (unpaired) electrons. The van der Waals surface area contributed by atoms with Crippen LogP contribution < -0.4 is 47.0 Å². The molecule has 22 nitrogen and oxygen atoms in total. The van der Waals surface area contributed by atoms with Gasteiger partial charge in [-0.15, -0.1) is 0 Å². The number of rotatable bonds is 34. The molecule has 5 amide bonds. The molecule has 0 aliphatic carbocycles. The summed E-state index contributed by atoms with van der Waals surface area (Å²) >= 11 is 0. The van der Waals surface area contributed by atoms with E-state index in [9.17, 15) is 68.7 Å². The lowest BCUT2D eigenvalue weighted by Crippen LogP contribution is -2.50. The van der Waals surface area contributed by atoms with Gasteiger partial charge in [-0.1, -0.05) is 49.3 Å². The van der Waals surface area contributed by atoms with Gasteiger partial charge in [-0.05, 0) is 19.8 Å². The Balaban J connectivity index is 4.52. The first-order valence-corrected chi connectivity index (χ1v) is 21.2. The third-order valence-corrected chi connectivity index (χ3v) is 10.9. The van der Waals surface area contributed by atoms with Gasteiger partial charge in [0.2, 0.25) is 29.5 Å². The van der Waals surface area contributed by atoms with Gasteiger partial charge in [0.1, 0.15) is 0 Å². The van der Waals surface area contributed by atoms with E-state index < -0.39 is 90.6 Å². The lowest BCUT2D eigenvalue weighted by Gasteiger charge is -2.35. The van der Waals surface area contributed by atoms with Crippen molar-refractivity contribution in [3.63, 3.8) is 0 Å². The minimum Gasteiger partial charge on any atom is -0.549 e. The second-order valence-electron chi connectivity index (χ2n) is 14.5. The summed E-state index contributed by atoms with van der Waals surface area (Å²) in [4.78, 5) is 110. The van der Waals surface area contributed by atoms with Crippen LogP contribution in [0.3, 0.4) is 0 Å². The van der Waals surface area contributed by atoms with Gasteiger partial charge in [0, 0.05) is 94.3 Å². The van der Waals surface area contributed by atoms with Crippen molar-refractivity contribution >= 4 is 75.0 Å². The fourth-order valence-electron chi connectivity index (χ4n) is 5.41. The average Bonchev–Trinajstić information content (AvgIpc) is 3.12. The van der Waals surface area contributed by atoms with E-state index in [1.54, 1.807) is 27.7 Å². The molecule has 0 aromatic rings. The number of aliphatic hydroxyl groups is 1. The summed E-state index contributed by atoms with van der Waals surface area (Å²) in [6.45, 7) is 4.59. The van der Waals surface area contributed by atoms with Crippen LogP contribution in [0, 0.1) is 10.8 Å². The van der Waals surface area contributed by atoms with Crippen LogP contribution in [0.25, 0.3) is 0 Å². The summed E-state index contributed by atoms with van der Waals surface area (Å²) in [6.07, 6.45) is -0.0919. The molecule has 0 aliphatic heterocycles. The maximum absolute atomic E-state index is 12.9. The van der Waals surface area contributed by atoms with Crippen molar-refractivity contribution in [1.29, 1.82) is 0 Å². The molecule has 0 heterocycles. The Morgan fingerprint density at radius 1 is 0.576 bits per heavy atom. The first-order chi connectivity index (χ1) is 27.5. The Kier molecular flexibility index (Phi) is 27.0. The van der Waals surface area contributed by atoms with Crippen LogP contribution in [0.1, 0.15) is 47.5 Å². The Hall–Kier alpha value is -4.23. The van der Waals surface area contributed by atoms with Gasteiger partial charge in [-0.2, -0.15) is 0 Å². The quantitative estimate of drug-likeness (QED) is 0.0258. The van der Waals surface area contributed by atoms with Gasteiger partial charge in [0.25, 0.3) is 0 Å². The summed E-state index contributed by atoms with van der Waals surface area (Å²) in [5.41, 5.74) is -1.90. The van der Waals surface area contributed by atoms with Gasteiger partial charge >= 0.3 is 0 Å². The van der Waals surface area contributed by atoms with Crippen LogP contribution >= 0.6 is 21.6 Å². The Morgan fingerprint density at radius 2 is 0.983 bits per heavy atom. The Morgan fingerprint density at radius 3 is 1.44 bits per heavy atom. The van der Waals surface area contributed by atoms with Crippen molar-refractivity contribution in [3.05, 3.63) is 0 Å². The van der Waals surface area contributed by atoms with Crippen LogP contribution in [-0.2, 0) is 43.2 Å². The van der Waals surface area contributed by atoms with E-state index in [0.29, 0.717) is 17.9 Å². The number of nitrogens with zero attached hydrogens (tertiary/aromatic N) is 3. The number of nitrogens with one attached hydrogen (secondary N) is 5. The monoisotopic (exact) mass is 878 g/mol. The smallest absolute Gasteiger partial charge is 0.239 e. The van der Waals surface area contributed by atoms with Crippen LogP contribution in [0.15, 0.2) is 0 Å². The van der Waals surface area contributed by atoms with E-state index in [2.05, 4.69) is 26.6 Å². The highest BCUT2D eigenvalue weighted by Gasteiger charge is 2.41. The van der Waals surface area contributed by atoms with E-state index in [4.69, 9.17) is 0 Å². The van der Waals surface area contributed by atoms with E-state index in [1.165, 1.54) is 31.4 Å². The molecule has 2 unspecified atom stereocenters. The van der Waals surface area contributed by atoms with Crippen molar-refractivity contribution in [2.45, 2.75) is 53.6 Å². The molecule has 338 valence electrons. The van der Waals surface area contributed by atoms with Crippen LogP contribution in [0.5, 0.6) is 0 Å². The average molecular weight is 879 g/mol. The summed E-state index contributed by atoms with van der Waals surface area (Å²) in [6, 6.07) is 0. The molecule has 0 aliphatic rings. The topological polar surface area (TPSA) is 336 Å². The molecule has 0 saturated carbocycles. The molecule has 0 saturated heterocycles. The maximum atomic E-state index is 12.9. The van der Waals surface area contributed by atoms with Crippen LogP contribution in [0.4, 0.5) is 0 Å². The summed E-state index contributed by atoms with van der Waals surface area (Å²) < 4.78 is 0. The molecule has 6 N–H and O–H groups in total. The van der Waals surface area contributed by atoms with Crippen molar-refractivity contribution in [3.8, 4) is 0 Å². The van der Waals surface area contributed by atoms with Gasteiger partial charge in [-0.3, -0.25) is 38.7 Å². The second-order valence-corrected chi connectivity index (χ2v) is 17.2. The molecule has 0 fully saturated rings. The maximum Gasteiger partial charge on any atom is 0.239 e. The standard InChI is InChI=1S/C35H62N8O14S2/c1-6-35(5,33(57)39-15-24(2)44)23-34(3,4)32(56)40-17-26(46)38-16-25(45)36-7-13-58-59-14-8-37-27(47)18-42(20-29(50)51)11-9-41(19-28(48)49)10-12-43(21-30(52)53)22-31(54)55/h24,44H,6-23H2,1-5H3,(H,36,45)(H,37,47)(H,38,46)(H,39,57)(H,40,56)(H,48,49)(H,50,51)(H,52,53)(H,54,55)/p-4. The Labute approximate surface area is 351 Å². The van der Waals surface area contributed by atoms with Crippen molar-refractivity contribution < 1.29 is 68.7 Å². The number of carboxylic acid groups (broad SMARTS) is 4. The molecule has 0 spiro atoms. The highest BCUT2D eigenvalue weighted by molar-refractivity contribution is 8.76. The second kappa shape index (κ2) is 29.1. The number of carboxylic acids is 4. The molecule has 24 heteroatoms. The fourth-order valence-corrected chi connectivity index (χ4v) is 7.23. The first-order valence-electron chi connectivity index (χ1n) is 18.7. The normalized spacial score (nSPS) is 13.0. The molecular weight excluding hydrogens is 821 g/mol. The highest BCUT2D eigenvalue weighted by atomic mass is 33.1. The van der Waals surface area contributed by atoms with Crippen molar-refractivity contribution in [2.75, 3.05) is 103 Å². The van der Waals surface area contributed by atoms with E-state index in [0.717, 1.165) is 4.90 Å². The molecule has 0 aromatic heterocycles. The zero-order valence-corrected chi connectivity index (χ0v) is 35.9. The number of aliphatic carboxylic acids is 4. The van der Waals surface area contributed by atoms with Gasteiger partial charge < -0.3 is 71.3 Å². The number of carbonyl (C=O) groups excluding carboxylic acids is 9. The lowest BCUT2D eigenvalue weighted by atomic mass is 9.71. The highest BCUT2D eigenvalue weighted by Crippen LogP contribution is 2.37. The largest absolute Gasteiger partial charge is 0.549 e. The van der Waals surface area contributed by atoms with E-state index >= 15 is 0 Å². The van der Waals surface area contributed by atoms with Crippen molar-refractivity contribution in [2.24, 2.45) is 10.8 Å². The van der Waals surface area contributed by atoms with Gasteiger partial charge in [0.15, 0.2) is 0 Å². The molecule has 2 atom stereocenters. The molecule has 0 aromatic carbocycles. The fraction of sp³-hybridized carbons (Fsp3) is 0.743. The summed E-state index contributed by atoms with van der Waals surface area (Å²) in [5.74, 6) is -7.46. The van der Waals surface area contributed by atoms with Crippen LogP contribution in [0.2, 0.25) is 0 Å². The third-order valence-electron chi connectivity index (χ3n) is 8.53. The number of carbonyl (C=O) groups is 9. The molecule has 59 heavy (non-hydrogen) atoms. The number of amides is 5. The number of hydrogen-bond donors (Lipinski definition) is 6. The minimum absolute atomic E-state index is 0.0820. The molecular formula is C35H58N8O14S2-4. The summed E-state index contributed by atoms with van der Waals surface area (Å²) in [7, 11) is 2.78. The predicted octanol–water partition coefficient (Wildman–Crippen LogP) is -7.93. The number of aliphatic hydroxyl groups excluding tert-OH is 1. The van der Waals surface area contributed by atoms with Crippen molar-refractivity contribution in [1.82, 2.24) is 41.3 Å². The molecule has 0 rings (SSSR count). The minimum atomic E-state index is -1.56. The number of hydrogen-bond acceptors (Lipinski definition) is 19. The first kappa shape index (κ1) is 54.8. The van der Waals surface area contributed by atoms with E-state index in [-0.39, 0.29) is 77.8 Å². The van der Waals surface area contributed by atoms with E-state index in [1.807, 2.05) is 6.92 Å². The van der Waals surface area contributed by atoms with Crippen LogP contribution in [-0.4, -0.2) is 182 Å². The predicted molar refractivity (Wildman–Crippen MR) is 208 cm³/mol. The third kappa shape index (κ3) is 27.2. The zero-order chi connectivity index (χ0) is 45.2.